The van der Waals surface area contributed by atoms with Gasteiger partial charge in [0.05, 0.1) is 18.8 Å². The molecule has 1 aliphatic heterocycles. The molecule has 1 aliphatic rings. The van der Waals surface area contributed by atoms with E-state index < -0.39 is 0 Å². The Morgan fingerprint density at radius 3 is 2.70 bits per heavy atom. The first kappa shape index (κ1) is 19.8. The Morgan fingerprint density at radius 2 is 1.97 bits per heavy atom. The number of ether oxygens (including phenoxy) is 1. The monoisotopic (exact) mass is 532 g/mol. The third-order valence-electron chi connectivity index (χ3n) is 5.53. The summed E-state index contributed by atoms with van der Waals surface area (Å²) in [5.41, 5.74) is 5.04. The van der Waals surface area contributed by atoms with Crippen molar-refractivity contribution in [1.82, 2.24) is 29.0 Å². The predicted molar refractivity (Wildman–Crippen MR) is 129 cm³/mol. The van der Waals surface area contributed by atoms with Crippen LogP contribution in [0.15, 0.2) is 49.1 Å². The van der Waals surface area contributed by atoms with Crippen LogP contribution in [0.5, 0.6) is 5.88 Å². The third-order valence-corrected chi connectivity index (χ3v) is 7.23. The van der Waals surface area contributed by atoms with Gasteiger partial charge in [-0.15, -0.1) is 0 Å². The molecule has 0 aliphatic carbocycles. The second-order valence-electron chi connectivity index (χ2n) is 7.28. The molecule has 154 valence electrons. The minimum Gasteiger partial charge on any atom is -0.481 e. The highest BCUT2D eigenvalue weighted by atomic mass is 127. The number of piperidine rings is 1. The zero-order chi connectivity index (χ0) is 20.5. The van der Waals surface area contributed by atoms with Gasteiger partial charge in [0.2, 0.25) is 5.88 Å². The van der Waals surface area contributed by atoms with E-state index in [1.54, 1.807) is 16.2 Å². The normalized spacial score (nSPS) is 15.0. The number of fused-ring (bicyclic) bond motifs is 1. The van der Waals surface area contributed by atoms with Crippen LogP contribution in [0.2, 0.25) is 0 Å². The van der Waals surface area contributed by atoms with E-state index in [0.717, 1.165) is 59.3 Å². The van der Waals surface area contributed by atoms with Gasteiger partial charge in [-0.1, -0.05) is 0 Å². The van der Waals surface area contributed by atoms with Gasteiger partial charge in [0.15, 0.2) is 5.65 Å². The second-order valence-corrected chi connectivity index (χ2v) is 9.00. The van der Waals surface area contributed by atoms with Crippen LogP contribution in [0.25, 0.3) is 33.4 Å². The lowest BCUT2D eigenvalue weighted by Gasteiger charge is -2.22. The summed E-state index contributed by atoms with van der Waals surface area (Å²) < 4.78 is 9.39. The molecule has 9 heteroatoms. The molecule has 1 saturated heterocycles. The second kappa shape index (κ2) is 8.56. The van der Waals surface area contributed by atoms with Crippen molar-refractivity contribution in [2.75, 3.05) is 20.2 Å². The summed E-state index contributed by atoms with van der Waals surface area (Å²) in [6.07, 6.45) is 10.2. The van der Waals surface area contributed by atoms with Crippen LogP contribution >= 0.6 is 30.3 Å². The maximum absolute atomic E-state index is 5.20. The van der Waals surface area contributed by atoms with Gasteiger partial charge < -0.3 is 10.1 Å². The summed E-state index contributed by atoms with van der Waals surface area (Å²) in [5, 5.41) is 9.36. The lowest BCUT2D eigenvalue weighted by Crippen LogP contribution is -2.29. The molecular formula is C21H21IN6OS. The number of aromatic nitrogens is 5. The molecule has 0 saturated carbocycles. The number of nitrogens with one attached hydrogen (secondary N) is 1. The molecule has 30 heavy (non-hydrogen) atoms. The van der Waals surface area contributed by atoms with Crippen LogP contribution in [-0.2, 0) is 0 Å². The molecule has 1 N–H and O–H groups in total. The van der Waals surface area contributed by atoms with Crippen molar-refractivity contribution in [3.05, 3.63) is 49.1 Å². The summed E-state index contributed by atoms with van der Waals surface area (Å²) in [6, 6.07) is 8.65. The topological polar surface area (TPSA) is 69.8 Å². The molecule has 0 bridgehead atoms. The van der Waals surface area contributed by atoms with E-state index in [1.165, 1.54) is 0 Å². The summed E-state index contributed by atoms with van der Waals surface area (Å²) >= 11 is 2.28. The van der Waals surface area contributed by atoms with Crippen molar-refractivity contribution in [1.29, 1.82) is 0 Å². The lowest BCUT2D eigenvalue weighted by atomic mass is 10.1. The predicted octanol–water partition coefficient (Wildman–Crippen LogP) is 4.74. The number of rotatable bonds is 5. The van der Waals surface area contributed by atoms with Crippen molar-refractivity contribution in [3.8, 4) is 28.3 Å². The van der Waals surface area contributed by atoms with E-state index in [4.69, 9.17) is 14.8 Å². The molecule has 5 heterocycles. The Hall–Kier alpha value is -2.11. The van der Waals surface area contributed by atoms with Crippen LogP contribution in [-0.4, -0.2) is 43.9 Å². The standard InChI is InChI=1S/C21H21IN6OS/c1-29-20-3-2-14(11-24-20)18-13-28(30-22)21-17(18)10-15(12-25-21)19-6-9-27(26-19)16-4-7-23-8-5-16/h2-3,6,9-13,16,23H,4-5,7-8H2,1H3. The summed E-state index contributed by atoms with van der Waals surface area (Å²) in [6.45, 7) is 2.10. The van der Waals surface area contributed by atoms with Gasteiger partial charge in [-0.3, -0.25) is 8.65 Å². The molecule has 0 aromatic carbocycles. The van der Waals surface area contributed by atoms with Gasteiger partial charge >= 0.3 is 0 Å². The minimum absolute atomic E-state index is 0.467. The maximum Gasteiger partial charge on any atom is 0.212 e. The molecule has 0 amide bonds. The summed E-state index contributed by atoms with van der Waals surface area (Å²) in [4.78, 5) is 9.13. The van der Waals surface area contributed by atoms with Crippen molar-refractivity contribution < 1.29 is 4.74 Å². The highest BCUT2D eigenvalue weighted by Crippen LogP contribution is 2.36. The number of hydrogen-bond donors (Lipinski definition) is 1. The smallest absolute Gasteiger partial charge is 0.212 e. The molecule has 1 fully saturated rings. The summed E-state index contributed by atoms with van der Waals surface area (Å²) in [5.74, 6) is 0.605. The van der Waals surface area contributed by atoms with E-state index in [1.807, 2.05) is 24.5 Å². The molecule has 7 nitrogen and oxygen atoms in total. The third kappa shape index (κ3) is 3.69. The fraction of sp³-hybridized carbons (Fsp3) is 0.286. The molecule has 4 aromatic heterocycles. The SMILES string of the molecule is COc1ccc(-c2cn(SI)c3ncc(-c4ccn(C5CCNCC5)n4)cc23)cn1. The molecule has 0 spiro atoms. The quantitative estimate of drug-likeness (QED) is 0.375. The van der Waals surface area contributed by atoms with E-state index in [0.29, 0.717) is 11.9 Å². The van der Waals surface area contributed by atoms with E-state index in [9.17, 15) is 0 Å². The highest BCUT2D eigenvalue weighted by molar-refractivity contribution is 14.2. The zero-order valence-corrected chi connectivity index (χ0v) is 19.4. The van der Waals surface area contributed by atoms with Crippen LogP contribution in [0.1, 0.15) is 18.9 Å². The molecule has 0 radical (unpaired) electrons. The van der Waals surface area contributed by atoms with Crippen LogP contribution < -0.4 is 10.1 Å². The fourth-order valence-corrected chi connectivity index (χ4v) is 5.19. The lowest BCUT2D eigenvalue weighted by molar-refractivity contribution is 0.343. The van der Waals surface area contributed by atoms with Gasteiger partial charge in [0.1, 0.15) is 0 Å². The number of halogens is 1. The van der Waals surface area contributed by atoms with Crippen LogP contribution in [0, 0.1) is 0 Å². The van der Waals surface area contributed by atoms with Crippen molar-refractivity contribution in [3.63, 3.8) is 0 Å². The Bertz CT molecular complexity index is 1170. The minimum atomic E-state index is 0.467. The van der Waals surface area contributed by atoms with Crippen molar-refractivity contribution in [2.24, 2.45) is 0 Å². The average Bonchev–Trinajstić information content (AvgIpc) is 3.44. The number of nitrogens with zero attached hydrogens (tertiary/aromatic N) is 5. The Kier molecular flexibility index (Phi) is 5.66. The maximum atomic E-state index is 5.20. The van der Waals surface area contributed by atoms with E-state index >= 15 is 0 Å². The number of pyridine rings is 2. The van der Waals surface area contributed by atoms with Crippen LogP contribution in [0.3, 0.4) is 0 Å². The van der Waals surface area contributed by atoms with E-state index in [-0.39, 0.29) is 0 Å². The number of hydrogen-bond acceptors (Lipinski definition) is 6. The van der Waals surface area contributed by atoms with Gasteiger partial charge in [-0.2, -0.15) is 5.10 Å². The first-order valence-corrected chi connectivity index (χ1v) is 13.2. The van der Waals surface area contributed by atoms with Crippen LogP contribution in [0.4, 0.5) is 0 Å². The first-order valence-electron chi connectivity index (χ1n) is 9.83. The molecule has 0 unspecified atom stereocenters. The Morgan fingerprint density at radius 1 is 1.13 bits per heavy atom. The van der Waals surface area contributed by atoms with Gasteiger partial charge in [0, 0.05) is 83.3 Å². The van der Waals surface area contributed by atoms with Gasteiger partial charge in [0.25, 0.3) is 0 Å². The van der Waals surface area contributed by atoms with E-state index in [2.05, 4.69) is 64.7 Å². The molecular weight excluding hydrogens is 511 g/mol. The molecule has 0 atom stereocenters. The van der Waals surface area contributed by atoms with Gasteiger partial charge in [-0.25, -0.2) is 9.97 Å². The van der Waals surface area contributed by atoms with Crippen molar-refractivity contribution in [2.45, 2.75) is 18.9 Å². The highest BCUT2D eigenvalue weighted by Gasteiger charge is 2.18. The average molecular weight is 532 g/mol. The number of methoxy groups -OCH3 is 1. The first-order chi connectivity index (χ1) is 14.8. The molecule has 4 aromatic rings. The van der Waals surface area contributed by atoms with Gasteiger partial charge in [-0.05, 0) is 44.1 Å². The fourth-order valence-electron chi connectivity index (χ4n) is 3.93. The van der Waals surface area contributed by atoms with Crippen molar-refractivity contribution >= 4 is 41.4 Å². The Labute approximate surface area is 191 Å². The largest absolute Gasteiger partial charge is 0.481 e. The Balaban J connectivity index is 1.55. The molecule has 5 rings (SSSR count). The zero-order valence-electron chi connectivity index (χ0n) is 16.5. The summed E-state index contributed by atoms with van der Waals surface area (Å²) in [7, 11) is 3.22.